The molecule has 0 heterocycles. The molecule has 0 saturated heterocycles. The van der Waals surface area contributed by atoms with Gasteiger partial charge in [0.2, 0.25) is 5.91 Å². The number of nitrogens with two attached hydrogens (primary N) is 1. The molecule has 1 aromatic rings. The van der Waals surface area contributed by atoms with Crippen LogP contribution in [0, 0.1) is 6.92 Å². The maximum Gasteiger partial charge on any atom is 0.237 e. The van der Waals surface area contributed by atoms with Crippen molar-refractivity contribution in [3.8, 4) is 0 Å². The van der Waals surface area contributed by atoms with Crippen molar-refractivity contribution in [1.82, 2.24) is 0 Å². The Balaban J connectivity index is 2.61. The van der Waals surface area contributed by atoms with Gasteiger partial charge in [-0.05, 0) is 38.0 Å². The van der Waals surface area contributed by atoms with Gasteiger partial charge in [0.05, 0.1) is 5.25 Å². The monoisotopic (exact) mass is 282 g/mol. The van der Waals surface area contributed by atoms with Crippen LogP contribution in [0.5, 0.6) is 0 Å². The van der Waals surface area contributed by atoms with Crippen LogP contribution in [0.4, 0.5) is 11.4 Å². The third-order valence-electron chi connectivity index (χ3n) is 2.97. The van der Waals surface area contributed by atoms with Crippen LogP contribution < -0.4 is 11.1 Å². The van der Waals surface area contributed by atoms with Crippen molar-refractivity contribution in [3.63, 3.8) is 0 Å². The molecule has 0 fully saturated rings. The van der Waals surface area contributed by atoms with E-state index in [0.717, 1.165) is 11.3 Å². The first-order valence-electron chi connectivity index (χ1n) is 6.38. The first kappa shape index (κ1) is 15.9. The van der Waals surface area contributed by atoms with Gasteiger partial charge >= 0.3 is 0 Å². The highest BCUT2D eigenvalue weighted by atomic mass is 32.2. The third kappa shape index (κ3) is 4.76. The molecule has 1 amide bonds. The Morgan fingerprint density at radius 2 is 2.16 bits per heavy atom. The molecule has 0 aliphatic rings. The third-order valence-corrected chi connectivity index (χ3v) is 4.30. The van der Waals surface area contributed by atoms with Crippen molar-refractivity contribution in [3.05, 3.63) is 23.8 Å². The van der Waals surface area contributed by atoms with E-state index in [1.54, 1.807) is 11.8 Å². The summed E-state index contributed by atoms with van der Waals surface area (Å²) in [6.45, 7) is 5.92. The zero-order valence-electron chi connectivity index (χ0n) is 11.6. The standard InChI is InChI=1S/C14H22N2O2S/c1-9(7-8-17)19-11(3)14(18)16-13-6-4-5-12(15)10(13)2/h4-6,9,11,17H,7-8,15H2,1-3H3,(H,16,18). The molecule has 0 aliphatic carbocycles. The average molecular weight is 282 g/mol. The number of hydrogen-bond acceptors (Lipinski definition) is 4. The first-order valence-corrected chi connectivity index (χ1v) is 7.32. The van der Waals surface area contributed by atoms with Crippen molar-refractivity contribution >= 4 is 29.0 Å². The Hall–Kier alpha value is -1.20. The number of benzene rings is 1. The molecule has 4 nitrogen and oxygen atoms in total. The number of amides is 1. The van der Waals surface area contributed by atoms with E-state index in [9.17, 15) is 4.79 Å². The van der Waals surface area contributed by atoms with Gasteiger partial charge in [0.15, 0.2) is 0 Å². The summed E-state index contributed by atoms with van der Waals surface area (Å²) >= 11 is 1.56. The van der Waals surface area contributed by atoms with Gasteiger partial charge in [-0.3, -0.25) is 4.79 Å². The van der Waals surface area contributed by atoms with E-state index in [-0.39, 0.29) is 23.0 Å². The lowest BCUT2D eigenvalue weighted by Gasteiger charge is -2.17. The van der Waals surface area contributed by atoms with Crippen molar-refractivity contribution in [2.75, 3.05) is 17.7 Å². The van der Waals surface area contributed by atoms with Crippen molar-refractivity contribution < 1.29 is 9.90 Å². The molecular formula is C14H22N2O2S. The summed E-state index contributed by atoms with van der Waals surface area (Å²) in [5.74, 6) is -0.0384. The van der Waals surface area contributed by atoms with Gasteiger partial charge < -0.3 is 16.2 Å². The molecule has 0 bridgehead atoms. The molecular weight excluding hydrogens is 260 g/mol. The van der Waals surface area contributed by atoms with Gasteiger partial charge in [-0.1, -0.05) is 13.0 Å². The maximum absolute atomic E-state index is 12.1. The molecule has 2 atom stereocenters. The number of aliphatic hydroxyl groups excluding tert-OH is 1. The summed E-state index contributed by atoms with van der Waals surface area (Å²) in [6.07, 6.45) is 0.694. The van der Waals surface area contributed by atoms with E-state index in [1.807, 2.05) is 39.0 Å². The van der Waals surface area contributed by atoms with Crippen LogP contribution >= 0.6 is 11.8 Å². The Morgan fingerprint density at radius 1 is 1.47 bits per heavy atom. The molecule has 0 aliphatic heterocycles. The minimum atomic E-state index is -0.164. The Bertz CT molecular complexity index is 437. The number of rotatable bonds is 6. The van der Waals surface area contributed by atoms with Crippen LogP contribution in [0.3, 0.4) is 0 Å². The quantitative estimate of drug-likeness (QED) is 0.700. The Kier molecular flexibility index (Phi) is 6.18. The predicted octanol–water partition coefficient (Wildman–Crippen LogP) is 2.41. The van der Waals surface area contributed by atoms with Crippen molar-refractivity contribution in [1.29, 1.82) is 0 Å². The lowest BCUT2D eigenvalue weighted by molar-refractivity contribution is -0.115. The molecule has 19 heavy (non-hydrogen) atoms. The summed E-state index contributed by atoms with van der Waals surface area (Å²) in [5, 5.41) is 11.9. The molecule has 0 aromatic heterocycles. The number of nitrogens with one attached hydrogen (secondary N) is 1. The Morgan fingerprint density at radius 3 is 2.79 bits per heavy atom. The van der Waals surface area contributed by atoms with Crippen LogP contribution in [0.15, 0.2) is 18.2 Å². The highest BCUT2D eigenvalue weighted by Crippen LogP contribution is 2.24. The highest BCUT2D eigenvalue weighted by Gasteiger charge is 2.17. The second kappa shape index (κ2) is 7.40. The van der Waals surface area contributed by atoms with Gasteiger partial charge in [-0.15, -0.1) is 11.8 Å². The SMILES string of the molecule is Cc1c(N)cccc1NC(=O)C(C)SC(C)CCO. The van der Waals surface area contributed by atoms with Gasteiger partial charge in [0.1, 0.15) is 0 Å². The van der Waals surface area contributed by atoms with Crippen LogP contribution in [-0.2, 0) is 4.79 Å². The zero-order chi connectivity index (χ0) is 14.4. The van der Waals surface area contributed by atoms with Crippen LogP contribution in [-0.4, -0.2) is 28.1 Å². The zero-order valence-corrected chi connectivity index (χ0v) is 12.5. The van der Waals surface area contributed by atoms with Gasteiger partial charge in [0, 0.05) is 23.2 Å². The van der Waals surface area contributed by atoms with Gasteiger partial charge in [0.25, 0.3) is 0 Å². The summed E-state index contributed by atoms with van der Waals surface area (Å²) < 4.78 is 0. The second-order valence-corrected chi connectivity index (χ2v) is 6.39. The van der Waals surface area contributed by atoms with E-state index in [2.05, 4.69) is 5.32 Å². The topological polar surface area (TPSA) is 75.3 Å². The molecule has 0 radical (unpaired) electrons. The molecule has 4 N–H and O–H groups in total. The van der Waals surface area contributed by atoms with E-state index in [4.69, 9.17) is 10.8 Å². The summed E-state index contributed by atoms with van der Waals surface area (Å²) in [6, 6.07) is 5.48. The van der Waals surface area contributed by atoms with E-state index >= 15 is 0 Å². The number of thioether (sulfide) groups is 1. The largest absolute Gasteiger partial charge is 0.398 e. The molecule has 2 unspecified atom stereocenters. The smallest absolute Gasteiger partial charge is 0.237 e. The fourth-order valence-corrected chi connectivity index (χ4v) is 2.80. The number of anilines is 2. The summed E-state index contributed by atoms with van der Waals surface area (Å²) in [4.78, 5) is 12.1. The number of nitrogen functional groups attached to an aromatic ring is 1. The number of carbonyl (C=O) groups is 1. The minimum absolute atomic E-state index is 0.0384. The molecule has 106 valence electrons. The lowest BCUT2D eigenvalue weighted by Crippen LogP contribution is -2.25. The average Bonchev–Trinajstić information content (AvgIpc) is 2.35. The van der Waals surface area contributed by atoms with E-state index in [0.29, 0.717) is 12.1 Å². The lowest BCUT2D eigenvalue weighted by atomic mass is 10.1. The highest BCUT2D eigenvalue weighted by molar-refractivity contribution is 8.01. The van der Waals surface area contributed by atoms with Gasteiger partial charge in [-0.25, -0.2) is 0 Å². The minimum Gasteiger partial charge on any atom is -0.398 e. The number of hydrogen-bond donors (Lipinski definition) is 3. The predicted molar refractivity (Wildman–Crippen MR) is 82.4 cm³/mol. The molecule has 1 aromatic carbocycles. The van der Waals surface area contributed by atoms with Crippen LogP contribution in [0.2, 0.25) is 0 Å². The first-order chi connectivity index (χ1) is 8.95. The van der Waals surface area contributed by atoms with E-state index < -0.39 is 0 Å². The molecule has 5 heteroatoms. The fourth-order valence-electron chi connectivity index (χ4n) is 1.68. The Labute approximate surface area is 118 Å². The molecule has 1 rings (SSSR count). The maximum atomic E-state index is 12.1. The number of aliphatic hydroxyl groups is 1. The number of carbonyl (C=O) groups excluding carboxylic acids is 1. The molecule has 0 saturated carbocycles. The van der Waals surface area contributed by atoms with Crippen molar-refractivity contribution in [2.24, 2.45) is 0 Å². The summed E-state index contributed by atoms with van der Waals surface area (Å²) in [5.41, 5.74) is 8.12. The van der Waals surface area contributed by atoms with Gasteiger partial charge in [-0.2, -0.15) is 0 Å². The normalized spacial score (nSPS) is 13.9. The van der Waals surface area contributed by atoms with Crippen molar-refractivity contribution in [2.45, 2.75) is 37.7 Å². The van der Waals surface area contributed by atoms with Crippen LogP contribution in [0.25, 0.3) is 0 Å². The molecule has 0 spiro atoms. The second-order valence-electron chi connectivity index (χ2n) is 4.61. The fraction of sp³-hybridized carbons (Fsp3) is 0.500. The van der Waals surface area contributed by atoms with E-state index in [1.165, 1.54) is 0 Å². The summed E-state index contributed by atoms with van der Waals surface area (Å²) in [7, 11) is 0. The van der Waals surface area contributed by atoms with Crippen LogP contribution in [0.1, 0.15) is 25.8 Å².